The van der Waals surface area contributed by atoms with E-state index >= 15 is 0 Å². The van der Waals surface area contributed by atoms with Crippen LogP contribution in [-0.4, -0.2) is 15.2 Å². The fourth-order valence-electron chi connectivity index (χ4n) is 1.99. The number of anilines is 1. The molecule has 5 nitrogen and oxygen atoms in total. The van der Waals surface area contributed by atoms with Crippen LogP contribution in [0.25, 0.3) is 11.3 Å². The lowest BCUT2D eigenvalue weighted by Crippen LogP contribution is -1.94. The van der Waals surface area contributed by atoms with Gasteiger partial charge in [-0.1, -0.05) is 17.3 Å². The van der Waals surface area contributed by atoms with Crippen LogP contribution in [0.5, 0.6) is 5.75 Å². The highest BCUT2D eigenvalue weighted by Gasteiger charge is 2.11. The van der Waals surface area contributed by atoms with E-state index in [4.69, 9.17) is 10.3 Å². The Morgan fingerprint density at radius 3 is 2.71 bits per heavy atom. The first-order chi connectivity index (χ1) is 10.1. The predicted octanol–water partition coefficient (Wildman–Crippen LogP) is 3.22. The van der Waals surface area contributed by atoms with Gasteiger partial charge in [-0.3, -0.25) is 0 Å². The summed E-state index contributed by atoms with van der Waals surface area (Å²) >= 11 is 2.18. The van der Waals surface area contributed by atoms with Crippen molar-refractivity contribution in [1.29, 1.82) is 0 Å². The van der Waals surface area contributed by atoms with Gasteiger partial charge in [-0.15, -0.1) is 0 Å². The molecular weight excluding hydrogens is 381 g/mol. The van der Waals surface area contributed by atoms with Gasteiger partial charge in [0.2, 0.25) is 0 Å². The van der Waals surface area contributed by atoms with E-state index < -0.39 is 0 Å². The van der Waals surface area contributed by atoms with Crippen LogP contribution in [0.2, 0.25) is 0 Å². The molecule has 0 unspecified atom stereocenters. The Bertz CT molecular complexity index is 769. The minimum Gasteiger partial charge on any atom is -0.508 e. The Kier molecular flexibility index (Phi) is 3.78. The molecule has 0 bridgehead atoms. The summed E-state index contributed by atoms with van der Waals surface area (Å²) in [5, 5.41) is 13.3. The Balaban J connectivity index is 1.86. The van der Waals surface area contributed by atoms with E-state index in [1.807, 2.05) is 24.3 Å². The number of pyridine rings is 1. The van der Waals surface area contributed by atoms with Gasteiger partial charge in [0.05, 0.1) is 0 Å². The average molecular weight is 393 g/mol. The van der Waals surface area contributed by atoms with E-state index in [-0.39, 0.29) is 5.75 Å². The third-order valence-electron chi connectivity index (χ3n) is 3.03. The molecule has 0 aliphatic rings. The minimum atomic E-state index is 0.245. The summed E-state index contributed by atoms with van der Waals surface area (Å²) in [7, 11) is 0. The lowest BCUT2D eigenvalue weighted by Gasteiger charge is -2.00. The highest BCUT2D eigenvalue weighted by molar-refractivity contribution is 14.1. The number of nitrogen functional groups attached to an aromatic ring is 1. The zero-order valence-corrected chi connectivity index (χ0v) is 13.1. The zero-order valence-electron chi connectivity index (χ0n) is 11.0. The molecule has 0 saturated carbocycles. The molecule has 3 rings (SSSR count). The molecule has 0 aliphatic carbocycles. The molecule has 3 aromatic rings. The first-order valence-corrected chi connectivity index (χ1v) is 7.34. The second kappa shape index (κ2) is 5.72. The van der Waals surface area contributed by atoms with E-state index in [1.54, 1.807) is 18.3 Å². The molecule has 0 amide bonds. The number of nitrogens with two attached hydrogens (primary N) is 1. The van der Waals surface area contributed by atoms with Crippen molar-refractivity contribution in [3.63, 3.8) is 0 Å². The van der Waals surface area contributed by atoms with E-state index in [0.717, 1.165) is 20.5 Å². The van der Waals surface area contributed by atoms with Crippen LogP contribution in [0.1, 0.15) is 11.3 Å². The van der Waals surface area contributed by atoms with Gasteiger partial charge in [0, 0.05) is 27.8 Å². The second-order valence-corrected chi connectivity index (χ2v) is 5.85. The van der Waals surface area contributed by atoms with Crippen molar-refractivity contribution < 1.29 is 9.63 Å². The number of aromatic hydroxyl groups is 1. The van der Waals surface area contributed by atoms with Crippen molar-refractivity contribution in [3.05, 3.63) is 57.5 Å². The molecule has 3 N–H and O–H groups in total. The number of rotatable bonds is 3. The van der Waals surface area contributed by atoms with Gasteiger partial charge in [0.1, 0.15) is 23.0 Å². The number of nitrogens with zero attached hydrogens (tertiary/aromatic N) is 2. The number of phenols is 1. The molecule has 0 saturated heterocycles. The van der Waals surface area contributed by atoms with Crippen LogP contribution in [0.4, 0.5) is 5.82 Å². The van der Waals surface area contributed by atoms with Gasteiger partial charge in [-0.25, -0.2) is 4.98 Å². The number of benzene rings is 1. The molecule has 106 valence electrons. The van der Waals surface area contributed by atoms with E-state index in [9.17, 15) is 5.11 Å². The maximum absolute atomic E-state index is 9.27. The fraction of sp³-hybridized carbons (Fsp3) is 0.0667. The molecular formula is C15H12IN3O2. The normalized spacial score (nSPS) is 10.7. The van der Waals surface area contributed by atoms with Crippen LogP contribution in [0.15, 0.2) is 47.1 Å². The number of hydrogen-bond acceptors (Lipinski definition) is 5. The number of halogens is 1. The molecule has 1 aromatic carbocycles. The lowest BCUT2D eigenvalue weighted by molar-refractivity contribution is 0.391. The summed E-state index contributed by atoms with van der Waals surface area (Å²) in [5.74, 6) is 1.41. The highest BCUT2D eigenvalue weighted by Crippen LogP contribution is 2.26. The Hall–Kier alpha value is -2.09. The van der Waals surface area contributed by atoms with Crippen molar-refractivity contribution in [3.8, 4) is 17.0 Å². The summed E-state index contributed by atoms with van der Waals surface area (Å²) < 4.78 is 6.34. The van der Waals surface area contributed by atoms with Crippen molar-refractivity contribution in [2.75, 3.05) is 5.73 Å². The summed E-state index contributed by atoms with van der Waals surface area (Å²) in [6.45, 7) is 0. The van der Waals surface area contributed by atoms with Gasteiger partial charge >= 0.3 is 0 Å². The van der Waals surface area contributed by atoms with Gasteiger partial charge < -0.3 is 15.4 Å². The zero-order chi connectivity index (χ0) is 14.8. The summed E-state index contributed by atoms with van der Waals surface area (Å²) in [6.07, 6.45) is 2.31. The third kappa shape index (κ3) is 3.15. The van der Waals surface area contributed by atoms with E-state index in [1.165, 1.54) is 0 Å². The molecule has 2 aromatic heterocycles. The standard InChI is InChI=1S/C15H12IN3O2/c16-10-6-13(15(17)18-8-10)14-7-12(21-19-14)5-9-1-3-11(20)4-2-9/h1-4,6-8,20H,5H2,(H2,17,18). The molecule has 6 heteroatoms. The van der Waals surface area contributed by atoms with Crippen molar-refractivity contribution in [2.45, 2.75) is 6.42 Å². The van der Waals surface area contributed by atoms with Crippen molar-refractivity contribution >= 4 is 28.4 Å². The largest absolute Gasteiger partial charge is 0.508 e. The molecule has 0 aliphatic heterocycles. The van der Waals surface area contributed by atoms with Crippen LogP contribution >= 0.6 is 22.6 Å². The predicted molar refractivity (Wildman–Crippen MR) is 87.8 cm³/mol. The van der Waals surface area contributed by atoms with E-state index in [2.05, 4.69) is 32.7 Å². The maximum atomic E-state index is 9.27. The molecule has 0 atom stereocenters. The highest BCUT2D eigenvalue weighted by atomic mass is 127. The van der Waals surface area contributed by atoms with Crippen LogP contribution < -0.4 is 5.73 Å². The summed E-state index contributed by atoms with van der Waals surface area (Å²) in [6, 6.07) is 10.8. The number of hydrogen-bond donors (Lipinski definition) is 2. The third-order valence-corrected chi connectivity index (χ3v) is 3.62. The number of phenolic OH excluding ortho intramolecular Hbond substituents is 1. The molecule has 21 heavy (non-hydrogen) atoms. The quantitative estimate of drug-likeness (QED) is 0.668. The van der Waals surface area contributed by atoms with Crippen LogP contribution in [0, 0.1) is 3.57 Å². The van der Waals surface area contributed by atoms with Gasteiger partial charge in [-0.2, -0.15) is 0 Å². The molecule has 0 spiro atoms. The smallest absolute Gasteiger partial charge is 0.141 e. The van der Waals surface area contributed by atoms with Crippen LogP contribution in [0.3, 0.4) is 0 Å². The van der Waals surface area contributed by atoms with Gasteiger partial charge in [0.25, 0.3) is 0 Å². The first-order valence-electron chi connectivity index (χ1n) is 6.27. The minimum absolute atomic E-state index is 0.245. The van der Waals surface area contributed by atoms with Gasteiger partial charge in [0.15, 0.2) is 0 Å². The molecule has 2 heterocycles. The summed E-state index contributed by atoms with van der Waals surface area (Å²) in [4.78, 5) is 4.12. The Morgan fingerprint density at radius 1 is 1.19 bits per heavy atom. The van der Waals surface area contributed by atoms with E-state index in [0.29, 0.717) is 17.9 Å². The molecule has 0 fully saturated rings. The fourth-order valence-corrected chi connectivity index (χ4v) is 2.44. The Morgan fingerprint density at radius 2 is 1.95 bits per heavy atom. The molecule has 0 radical (unpaired) electrons. The average Bonchev–Trinajstić information content (AvgIpc) is 2.92. The second-order valence-electron chi connectivity index (χ2n) is 4.61. The Labute approximate surface area is 134 Å². The summed E-state index contributed by atoms with van der Waals surface area (Å²) in [5.41, 5.74) is 8.35. The first kappa shape index (κ1) is 13.9. The SMILES string of the molecule is Nc1ncc(I)cc1-c1cc(Cc2ccc(O)cc2)on1. The van der Waals surface area contributed by atoms with Gasteiger partial charge in [-0.05, 0) is 46.4 Å². The van der Waals surface area contributed by atoms with Crippen LogP contribution in [-0.2, 0) is 6.42 Å². The maximum Gasteiger partial charge on any atom is 0.141 e. The number of aromatic nitrogens is 2. The van der Waals surface area contributed by atoms with Crippen molar-refractivity contribution in [2.24, 2.45) is 0 Å². The monoisotopic (exact) mass is 393 g/mol. The van der Waals surface area contributed by atoms with Crippen molar-refractivity contribution in [1.82, 2.24) is 10.1 Å². The lowest BCUT2D eigenvalue weighted by atomic mass is 10.1. The topological polar surface area (TPSA) is 85.2 Å².